The van der Waals surface area contributed by atoms with E-state index in [1.807, 2.05) is 54.8 Å². The van der Waals surface area contributed by atoms with Crippen LogP contribution in [0.15, 0.2) is 52.6 Å². The second kappa shape index (κ2) is 6.83. The van der Waals surface area contributed by atoms with Gasteiger partial charge in [-0.2, -0.15) is 0 Å². The monoisotopic (exact) mass is 326 g/mol. The van der Waals surface area contributed by atoms with Gasteiger partial charge in [0, 0.05) is 17.9 Å². The second-order valence-electron chi connectivity index (χ2n) is 5.11. The molecule has 0 bridgehead atoms. The van der Waals surface area contributed by atoms with Crippen molar-refractivity contribution in [3.05, 3.63) is 60.3 Å². The van der Waals surface area contributed by atoms with Crippen LogP contribution in [0, 0.1) is 13.8 Å². The summed E-state index contributed by atoms with van der Waals surface area (Å²) < 4.78 is 7.82. The lowest BCUT2D eigenvalue weighted by atomic mass is 10.2. The topological polar surface area (TPSA) is 56.7 Å². The third kappa shape index (κ3) is 3.37. The Hall–Kier alpha value is -2.34. The third-order valence-electron chi connectivity index (χ3n) is 3.46. The first-order valence-electron chi connectivity index (χ1n) is 7.34. The highest BCUT2D eigenvalue weighted by atomic mass is 32.2. The van der Waals surface area contributed by atoms with Crippen LogP contribution >= 0.6 is 11.8 Å². The molecule has 0 spiro atoms. The number of allylic oxidation sites excluding steroid dienone is 1. The highest BCUT2D eigenvalue weighted by Crippen LogP contribution is 2.27. The second-order valence-corrected chi connectivity index (χ2v) is 6.05. The zero-order valence-corrected chi connectivity index (χ0v) is 14.0. The van der Waals surface area contributed by atoms with Crippen LogP contribution in [0.5, 0.6) is 0 Å². The molecule has 1 aromatic carbocycles. The molecule has 118 valence electrons. The Morgan fingerprint density at radius 2 is 2.00 bits per heavy atom. The molecule has 0 saturated carbocycles. The molecule has 23 heavy (non-hydrogen) atoms. The van der Waals surface area contributed by atoms with E-state index in [1.54, 1.807) is 11.8 Å². The zero-order valence-electron chi connectivity index (χ0n) is 13.2. The summed E-state index contributed by atoms with van der Waals surface area (Å²) >= 11 is 1.60. The average molecular weight is 326 g/mol. The summed E-state index contributed by atoms with van der Waals surface area (Å²) in [5, 5.41) is 9.20. The van der Waals surface area contributed by atoms with Crippen molar-refractivity contribution in [3.63, 3.8) is 0 Å². The maximum atomic E-state index is 5.79. The molecule has 5 nitrogen and oxygen atoms in total. The summed E-state index contributed by atoms with van der Waals surface area (Å²) in [7, 11) is 0. The molecule has 0 aliphatic heterocycles. The molecular weight excluding hydrogens is 308 g/mol. The predicted octanol–water partition coefficient (Wildman–Crippen LogP) is 4.03. The van der Waals surface area contributed by atoms with E-state index in [1.165, 1.54) is 0 Å². The normalized spacial score (nSPS) is 10.9. The summed E-state index contributed by atoms with van der Waals surface area (Å²) in [5.41, 5.74) is 1.91. The SMILES string of the molecule is C=CCn1c(C)nnc1SCc1nc(-c2ccccc2)oc1C. The van der Waals surface area contributed by atoms with E-state index >= 15 is 0 Å². The summed E-state index contributed by atoms with van der Waals surface area (Å²) in [6.45, 7) is 8.36. The Bertz CT molecular complexity index is 807. The number of rotatable bonds is 6. The Morgan fingerprint density at radius 3 is 2.74 bits per heavy atom. The van der Waals surface area contributed by atoms with Crippen LogP contribution in [-0.2, 0) is 12.3 Å². The van der Waals surface area contributed by atoms with Crippen LogP contribution in [-0.4, -0.2) is 19.7 Å². The quantitative estimate of drug-likeness (QED) is 0.505. The molecule has 0 aliphatic rings. The van der Waals surface area contributed by atoms with Crippen LogP contribution in [0.4, 0.5) is 0 Å². The van der Waals surface area contributed by atoms with Gasteiger partial charge in [0.25, 0.3) is 0 Å². The maximum absolute atomic E-state index is 5.79. The molecule has 0 unspecified atom stereocenters. The van der Waals surface area contributed by atoms with Crippen molar-refractivity contribution < 1.29 is 4.42 Å². The Labute approximate surface area is 139 Å². The van der Waals surface area contributed by atoms with E-state index in [0.717, 1.165) is 28.0 Å². The molecule has 0 radical (unpaired) electrons. The molecule has 0 fully saturated rings. The van der Waals surface area contributed by atoms with Crippen LogP contribution < -0.4 is 0 Å². The van der Waals surface area contributed by atoms with Gasteiger partial charge in [-0.15, -0.1) is 16.8 Å². The van der Waals surface area contributed by atoms with Crippen LogP contribution in [0.1, 0.15) is 17.3 Å². The van der Waals surface area contributed by atoms with Gasteiger partial charge < -0.3 is 8.98 Å². The molecule has 3 aromatic rings. The van der Waals surface area contributed by atoms with Gasteiger partial charge in [-0.1, -0.05) is 36.0 Å². The Morgan fingerprint density at radius 1 is 1.22 bits per heavy atom. The minimum absolute atomic E-state index is 0.655. The van der Waals surface area contributed by atoms with Gasteiger partial charge in [-0.05, 0) is 26.0 Å². The maximum Gasteiger partial charge on any atom is 0.226 e. The van der Waals surface area contributed by atoms with Crippen molar-refractivity contribution in [2.75, 3.05) is 0 Å². The number of aromatic nitrogens is 4. The molecule has 0 amide bonds. The fourth-order valence-electron chi connectivity index (χ4n) is 2.21. The Kier molecular flexibility index (Phi) is 4.62. The molecule has 0 saturated heterocycles. The van der Waals surface area contributed by atoms with Gasteiger partial charge in [0.2, 0.25) is 5.89 Å². The van der Waals surface area contributed by atoms with E-state index in [4.69, 9.17) is 4.42 Å². The third-order valence-corrected chi connectivity index (χ3v) is 4.44. The van der Waals surface area contributed by atoms with E-state index < -0.39 is 0 Å². The van der Waals surface area contributed by atoms with E-state index in [-0.39, 0.29) is 0 Å². The first kappa shape index (κ1) is 15.6. The zero-order chi connectivity index (χ0) is 16.2. The van der Waals surface area contributed by atoms with Crippen LogP contribution in [0.2, 0.25) is 0 Å². The summed E-state index contributed by atoms with van der Waals surface area (Å²) in [5.74, 6) is 3.07. The van der Waals surface area contributed by atoms with Crippen molar-refractivity contribution in [1.29, 1.82) is 0 Å². The Balaban J connectivity index is 1.77. The standard InChI is InChI=1S/C17H18N4OS/c1-4-10-21-13(3)19-20-17(21)23-11-15-12(2)22-16(18-15)14-8-6-5-7-9-14/h4-9H,1,10-11H2,2-3H3. The lowest BCUT2D eigenvalue weighted by molar-refractivity contribution is 0.540. The number of hydrogen-bond donors (Lipinski definition) is 0. The first-order valence-corrected chi connectivity index (χ1v) is 8.33. The number of thioether (sulfide) groups is 1. The smallest absolute Gasteiger partial charge is 0.226 e. The minimum Gasteiger partial charge on any atom is -0.441 e. The van der Waals surface area contributed by atoms with Gasteiger partial charge in [-0.25, -0.2) is 4.98 Å². The van der Waals surface area contributed by atoms with Gasteiger partial charge in [0.1, 0.15) is 11.6 Å². The number of aryl methyl sites for hydroxylation is 2. The summed E-state index contributed by atoms with van der Waals surface area (Å²) in [4.78, 5) is 4.61. The largest absolute Gasteiger partial charge is 0.441 e. The van der Waals surface area contributed by atoms with Crippen molar-refractivity contribution in [2.45, 2.75) is 31.3 Å². The summed E-state index contributed by atoms with van der Waals surface area (Å²) in [6, 6.07) is 9.91. The first-order chi connectivity index (χ1) is 11.2. The van der Waals surface area contributed by atoms with Crippen molar-refractivity contribution in [1.82, 2.24) is 19.7 Å². The fourth-order valence-corrected chi connectivity index (χ4v) is 3.20. The molecule has 6 heteroatoms. The van der Waals surface area contributed by atoms with Crippen molar-refractivity contribution >= 4 is 11.8 Å². The highest BCUT2D eigenvalue weighted by Gasteiger charge is 2.14. The minimum atomic E-state index is 0.655. The highest BCUT2D eigenvalue weighted by molar-refractivity contribution is 7.98. The molecule has 2 aromatic heterocycles. The van der Waals surface area contributed by atoms with Crippen molar-refractivity contribution in [3.8, 4) is 11.5 Å². The number of oxazole rings is 1. The lowest BCUT2D eigenvalue weighted by Gasteiger charge is -2.04. The number of nitrogens with zero attached hydrogens (tertiary/aromatic N) is 4. The molecule has 0 atom stereocenters. The van der Waals surface area contributed by atoms with Crippen LogP contribution in [0.25, 0.3) is 11.5 Å². The predicted molar refractivity (Wildman–Crippen MR) is 91.2 cm³/mol. The average Bonchev–Trinajstić information content (AvgIpc) is 3.11. The lowest BCUT2D eigenvalue weighted by Crippen LogP contribution is -2.00. The number of hydrogen-bond acceptors (Lipinski definition) is 5. The van der Waals surface area contributed by atoms with Gasteiger partial charge in [0.15, 0.2) is 5.16 Å². The van der Waals surface area contributed by atoms with E-state index in [9.17, 15) is 0 Å². The van der Waals surface area contributed by atoms with E-state index in [0.29, 0.717) is 18.2 Å². The molecule has 2 heterocycles. The number of benzene rings is 1. The van der Waals surface area contributed by atoms with Crippen LogP contribution in [0.3, 0.4) is 0 Å². The molecule has 0 aliphatic carbocycles. The van der Waals surface area contributed by atoms with Gasteiger partial charge >= 0.3 is 0 Å². The summed E-state index contributed by atoms with van der Waals surface area (Å²) in [6.07, 6.45) is 1.84. The van der Waals surface area contributed by atoms with Crippen molar-refractivity contribution in [2.24, 2.45) is 0 Å². The fraction of sp³-hybridized carbons (Fsp3) is 0.235. The van der Waals surface area contributed by atoms with Gasteiger partial charge in [-0.3, -0.25) is 0 Å². The van der Waals surface area contributed by atoms with E-state index in [2.05, 4.69) is 21.8 Å². The molecular formula is C17H18N4OS. The van der Waals surface area contributed by atoms with Gasteiger partial charge in [0.05, 0.1) is 5.69 Å². The molecule has 3 rings (SSSR count). The molecule has 0 N–H and O–H groups in total.